The molecule has 1 heteroatoms. The molecular formula is C16H33N. The molecule has 1 rings (SSSR count). The SMILES string of the molecule is CCCCCCCCC(N)C1(C)CCCCC1. The van der Waals surface area contributed by atoms with Gasteiger partial charge in [-0.15, -0.1) is 0 Å². The van der Waals surface area contributed by atoms with Gasteiger partial charge in [-0.05, 0) is 24.7 Å². The summed E-state index contributed by atoms with van der Waals surface area (Å²) in [6.45, 7) is 4.70. The number of hydrogen-bond acceptors (Lipinski definition) is 1. The first-order valence-electron chi connectivity index (χ1n) is 7.94. The topological polar surface area (TPSA) is 26.0 Å². The van der Waals surface area contributed by atoms with E-state index in [1.54, 1.807) is 0 Å². The average molecular weight is 239 g/mol. The predicted octanol–water partition coefficient (Wildman–Crippen LogP) is 5.03. The minimum Gasteiger partial charge on any atom is -0.327 e. The highest BCUT2D eigenvalue weighted by Gasteiger charge is 2.32. The second kappa shape index (κ2) is 8.13. The molecule has 0 aromatic carbocycles. The molecule has 1 nitrogen and oxygen atoms in total. The molecule has 0 bridgehead atoms. The summed E-state index contributed by atoms with van der Waals surface area (Å²) in [4.78, 5) is 0. The van der Waals surface area contributed by atoms with Crippen molar-refractivity contribution in [2.45, 2.75) is 96.9 Å². The second-order valence-corrected chi connectivity index (χ2v) is 6.38. The van der Waals surface area contributed by atoms with Crippen molar-refractivity contribution in [2.75, 3.05) is 0 Å². The van der Waals surface area contributed by atoms with Crippen molar-refractivity contribution in [1.82, 2.24) is 0 Å². The van der Waals surface area contributed by atoms with Gasteiger partial charge in [0.1, 0.15) is 0 Å². The maximum absolute atomic E-state index is 6.42. The van der Waals surface area contributed by atoms with Gasteiger partial charge in [-0.25, -0.2) is 0 Å². The van der Waals surface area contributed by atoms with Crippen LogP contribution in [0.15, 0.2) is 0 Å². The van der Waals surface area contributed by atoms with E-state index in [2.05, 4.69) is 13.8 Å². The van der Waals surface area contributed by atoms with Crippen molar-refractivity contribution in [3.63, 3.8) is 0 Å². The Kier molecular flexibility index (Phi) is 7.18. The normalized spacial score (nSPS) is 21.4. The van der Waals surface area contributed by atoms with Gasteiger partial charge in [-0.3, -0.25) is 0 Å². The maximum atomic E-state index is 6.42. The standard InChI is InChI=1S/C16H33N/c1-3-4-5-6-7-9-12-15(17)16(2)13-10-8-11-14-16/h15H,3-14,17H2,1-2H3. The van der Waals surface area contributed by atoms with Crippen LogP contribution in [0.2, 0.25) is 0 Å². The van der Waals surface area contributed by atoms with Crippen molar-refractivity contribution in [3.05, 3.63) is 0 Å². The third-order valence-electron chi connectivity index (χ3n) is 4.76. The van der Waals surface area contributed by atoms with Crippen LogP contribution in [0.3, 0.4) is 0 Å². The fraction of sp³-hybridized carbons (Fsp3) is 1.00. The van der Waals surface area contributed by atoms with E-state index in [4.69, 9.17) is 5.73 Å². The molecule has 1 saturated carbocycles. The molecule has 0 spiro atoms. The number of unbranched alkanes of at least 4 members (excludes halogenated alkanes) is 5. The van der Waals surface area contributed by atoms with E-state index in [-0.39, 0.29) is 0 Å². The highest BCUT2D eigenvalue weighted by Crippen LogP contribution is 2.39. The van der Waals surface area contributed by atoms with Crippen LogP contribution in [0, 0.1) is 5.41 Å². The summed E-state index contributed by atoms with van der Waals surface area (Å²) in [5.41, 5.74) is 6.88. The van der Waals surface area contributed by atoms with E-state index >= 15 is 0 Å². The number of nitrogens with two attached hydrogens (primary N) is 1. The van der Waals surface area contributed by atoms with Crippen molar-refractivity contribution in [3.8, 4) is 0 Å². The highest BCUT2D eigenvalue weighted by atomic mass is 14.7. The van der Waals surface area contributed by atoms with Crippen molar-refractivity contribution >= 4 is 0 Å². The Morgan fingerprint density at radius 3 is 2.18 bits per heavy atom. The number of rotatable bonds is 8. The molecule has 2 N–H and O–H groups in total. The van der Waals surface area contributed by atoms with E-state index in [9.17, 15) is 0 Å². The van der Waals surface area contributed by atoms with E-state index in [0.29, 0.717) is 11.5 Å². The summed E-state index contributed by atoms with van der Waals surface area (Å²) in [5.74, 6) is 0. The lowest BCUT2D eigenvalue weighted by Gasteiger charge is -2.39. The molecule has 1 aliphatic carbocycles. The Morgan fingerprint density at radius 2 is 1.53 bits per heavy atom. The second-order valence-electron chi connectivity index (χ2n) is 6.38. The van der Waals surface area contributed by atoms with E-state index in [0.717, 1.165) is 0 Å². The molecule has 0 aromatic rings. The average Bonchev–Trinajstić information content (AvgIpc) is 2.34. The van der Waals surface area contributed by atoms with Crippen LogP contribution in [0.4, 0.5) is 0 Å². The molecule has 102 valence electrons. The summed E-state index contributed by atoms with van der Waals surface area (Å²) < 4.78 is 0. The van der Waals surface area contributed by atoms with Gasteiger partial charge in [0.25, 0.3) is 0 Å². The van der Waals surface area contributed by atoms with Crippen LogP contribution in [0.25, 0.3) is 0 Å². The molecule has 0 amide bonds. The van der Waals surface area contributed by atoms with Crippen LogP contribution in [-0.4, -0.2) is 6.04 Å². The molecule has 0 radical (unpaired) electrons. The minimum absolute atomic E-state index is 0.453. The quantitative estimate of drug-likeness (QED) is 0.590. The fourth-order valence-corrected chi connectivity index (χ4v) is 3.22. The molecule has 0 saturated heterocycles. The third kappa shape index (κ3) is 5.42. The summed E-state index contributed by atoms with van der Waals surface area (Å²) >= 11 is 0. The molecule has 1 atom stereocenters. The van der Waals surface area contributed by atoms with Gasteiger partial charge in [0, 0.05) is 6.04 Å². The van der Waals surface area contributed by atoms with Gasteiger partial charge >= 0.3 is 0 Å². The first-order valence-corrected chi connectivity index (χ1v) is 7.94. The highest BCUT2D eigenvalue weighted by molar-refractivity contribution is 4.87. The Morgan fingerprint density at radius 1 is 0.941 bits per heavy atom. The van der Waals surface area contributed by atoms with Crippen molar-refractivity contribution in [1.29, 1.82) is 0 Å². The van der Waals surface area contributed by atoms with E-state index in [1.807, 2.05) is 0 Å². The predicted molar refractivity (Wildman–Crippen MR) is 77.2 cm³/mol. The smallest absolute Gasteiger partial charge is 0.00929 e. The first kappa shape index (κ1) is 15.0. The van der Waals surface area contributed by atoms with Crippen LogP contribution in [0.1, 0.15) is 90.9 Å². The Hall–Kier alpha value is -0.0400. The molecule has 0 heterocycles. The van der Waals surface area contributed by atoms with Crippen molar-refractivity contribution in [2.24, 2.45) is 11.1 Å². The molecule has 0 aliphatic heterocycles. The van der Waals surface area contributed by atoms with Gasteiger partial charge in [0.15, 0.2) is 0 Å². The third-order valence-corrected chi connectivity index (χ3v) is 4.76. The summed E-state index contributed by atoms with van der Waals surface area (Å²) in [6.07, 6.45) is 16.5. The zero-order valence-corrected chi connectivity index (χ0v) is 12.1. The molecule has 1 aliphatic rings. The zero-order valence-electron chi connectivity index (χ0n) is 12.1. The van der Waals surface area contributed by atoms with E-state index in [1.165, 1.54) is 77.0 Å². The monoisotopic (exact) mass is 239 g/mol. The maximum Gasteiger partial charge on any atom is 0.00929 e. The minimum atomic E-state index is 0.453. The van der Waals surface area contributed by atoms with Gasteiger partial charge in [0.05, 0.1) is 0 Å². The Labute approximate surface area is 109 Å². The lowest BCUT2D eigenvalue weighted by Crippen LogP contribution is -2.40. The number of hydrogen-bond donors (Lipinski definition) is 1. The summed E-state index contributed by atoms with van der Waals surface area (Å²) in [7, 11) is 0. The molecule has 1 fully saturated rings. The van der Waals surface area contributed by atoms with Gasteiger partial charge in [0.2, 0.25) is 0 Å². The lowest BCUT2D eigenvalue weighted by molar-refractivity contribution is 0.161. The molecule has 1 unspecified atom stereocenters. The Balaban J connectivity index is 2.09. The largest absolute Gasteiger partial charge is 0.327 e. The van der Waals surface area contributed by atoms with Crippen LogP contribution >= 0.6 is 0 Å². The van der Waals surface area contributed by atoms with Gasteiger partial charge in [-0.2, -0.15) is 0 Å². The molecule has 0 aromatic heterocycles. The summed E-state index contributed by atoms with van der Waals surface area (Å²) in [5, 5.41) is 0. The van der Waals surface area contributed by atoms with Gasteiger partial charge < -0.3 is 5.73 Å². The summed E-state index contributed by atoms with van der Waals surface area (Å²) in [6, 6.07) is 0.453. The van der Waals surface area contributed by atoms with E-state index < -0.39 is 0 Å². The van der Waals surface area contributed by atoms with Crippen LogP contribution in [0.5, 0.6) is 0 Å². The Bertz CT molecular complexity index is 182. The van der Waals surface area contributed by atoms with Crippen LogP contribution in [-0.2, 0) is 0 Å². The first-order chi connectivity index (χ1) is 8.19. The zero-order chi connectivity index (χ0) is 12.6. The van der Waals surface area contributed by atoms with Crippen LogP contribution < -0.4 is 5.73 Å². The lowest BCUT2D eigenvalue weighted by atomic mass is 9.69. The van der Waals surface area contributed by atoms with Gasteiger partial charge in [-0.1, -0.05) is 71.6 Å². The fourth-order valence-electron chi connectivity index (χ4n) is 3.22. The molecule has 17 heavy (non-hydrogen) atoms. The van der Waals surface area contributed by atoms with Crippen molar-refractivity contribution < 1.29 is 0 Å². The molecular weight excluding hydrogens is 206 g/mol.